The smallest absolute Gasteiger partial charge is 0.166 e. The zero-order valence-electron chi connectivity index (χ0n) is 16.8. The monoisotopic (exact) mass is 384 g/mol. The number of halogens is 3. The van der Waals surface area contributed by atoms with Crippen LogP contribution < -0.4 is 0 Å². The second kappa shape index (κ2) is 9.15. The lowest BCUT2D eigenvalue weighted by Gasteiger charge is -2.26. The van der Waals surface area contributed by atoms with E-state index in [1.807, 2.05) is 32.9 Å². The molecule has 0 spiro atoms. The van der Waals surface area contributed by atoms with Gasteiger partial charge in [0.05, 0.1) is 0 Å². The first-order chi connectivity index (χ1) is 13.2. The van der Waals surface area contributed by atoms with E-state index in [1.165, 1.54) is 30.9 Å². The molecule has 3 heteroatoms. The molecule has 0 N–H and O–H groups in total. The minimum absolute atomic E-state index is 0.690. The van der Waals surface area contributed by atoms with E-state index in [0.29, 0.717) is 5.92 Å². The zero-order valence-corrected chi connectivity index (χ0v) is 16.8. The van der Waals surface area contributed by atoms with E-state index in [-0.39, 0.29) is 0 Å². The molecule has 1 aliphatic carbocycles. The summed E-state index contributed by atoms with van der Waals surface area (Å²) in [7, 11) is 0. The molecule has 1 aromatic rings. The standard InChI is InChI=1S/C25H27F3/c1-6-17(3)19(5)23-14-21(13-20-9-8-10-20)15-24(16-23)22(7-2)12-11-18(4)25(26,27)28/h1,7,11-12,14-16,20H,4,8-10,13H2,2-3,5H3/b12-11-,19-17-,22-7+. The molecule has 1 aliphatic rings. The predicted molar refractivity (Wildman–Crippen MR) is 113 cm³/mol. The van der Waals surface area contributed by atoms with Crippen LogP contribution in [-0.4, -0.2) is 6.18 Å². The lowest BCUT2D eigenvalue weighted by molar-refractivity contribution is -0.0878. The van der Waals surface area contributed by atoms with Crippen molar-refractivity contribution in [3.63, 3.8) is 0 Å². The van der Waals surface area contributed by atoms with Gasteiger partial charge in [-0.1, -0.05) is 62.1 Å². The molecule has 0 amide bonds. The third-order valence-corrected chi connectivity index (χ3v) is 5.43. The molecule has 0 bridgehead atoms. The largest absolute Gasteiger partial charge is 0.415 e. The minimum atomic E-state index is -4.42. The number of hydrogen-bond acceptors (Lipinski definition) is 0. The highest BCUT2D eigenvalue weighted by atomic mass is 19.4. The van der Waals surface area contributed by atoms with Gasteiger partial charge in [0.25, 0.3) is 0 Å². The van der Waals surface area contributed by atoms with Gasteiger partial charge in [-0.25, -0.2) is 0 Å². The number of hydrogen-bond donors (Lipinski definition) is 0. The van der Waals surface area contributed by atoms with Crippen LogP contribution in [0.25, 0.3) is 11.1 Å². The van der Waals surface area contributed by atoms with E-state index >= 15 is 0 Å². The third-order valence-electron chi connectivity index (χ3n) is 5.43. The minimum Gasteiger partial charge on any atom is -0.166 e. The van der Waals surface area contributed by atoms with Crippen molar-refractivity contribution in [3.05, 3.63) is 70.8 Å². The number of terminal acetylenes is 1. The van der Waals surface area contributed by atoms with E-state index in [4.69, 9.17) is 6.42 Å². The van der Waals surface area contributed by atoms with E-state index in [0.717, 1.165) is 40.3 Å². The maximum Gasteiger partial charge on any atom is 0.415 e. The van der Waals surface area contributed by atoms with Crippen LogP contribution >= 0.6 is 0 Å². The van der Waals surface area contributed by atoms with Crippen LogP contribution in [0.5, 0.6) is 0 Å². The van der Waals surface area contributed by atoms with Crippen LogP contribution in [0.1, 0.15) is 56.7 Å². The Morgan fingerprint density at radius 1 is 1.18 bits per heavy atom. The Balaban J connectivity index is 2.45. The van der Waals surface area contributed by atoms with Crippen LogP contribution in [0.2, 0.25) is 0 Å². The number of rotatable bonds is 6. The SMILES string of the molecule is C#C/C(C)=C(/C)c1cc(CC2CCC2)cc(C(/C=C\C(=C)C(F)(F)F)=C/C)c1. The van der Waals surface area contributed by atoms with Crippen LogP contribution in [0, 0.1) is 18.3 Å². The van der Waals surface area contributed by atoms with Gasteiger partial charge in [0.2, 0.25) is 0 Å². The summed E-state index contributed by atoms with van der Waals surface area (Å²) in [4.78, 5) is 0. The zero-order chi connectivity index (χ0) is 20.9. The molecule has 0 nitrogen and oxygen atoms in total. The predicted octanol–water partition coefficient (Wildman–Crippen LogP) is 7.53. The summed E-state index contributed by atoms with van der Waals surface area (Å²) in [6.07, 6.45) is 10.2. The van der Waals surface area contributed by atoms with Gasteiger partial charge in [-0.15, -0.1) is 6.42 Å². The fourth-order valence-electron chi connectivity index (χ4n) is 3.19. The normalized spacial score (nSPS) is 16.5. The molecular weight excluding hydrogens is 357 g/mol. The van der Waals surface area contributed by atoms with E-state index in [2.05, 4.69) is 24.6 Å². The average Bonchev–Trinajstić information content (AvgIpc) is 2.62. The topological polar surface area (TPSA) is 0 Å². The van der Waals surface area contributed by atoms with Gasteiger partial charge in [0.1, 0.15) is 0 Å². The summed E-state index contributed by atoms with van der Waals surface area (Å²) in [5, 5.41) is 0. The molecule has 1 saturated carbocycles. The molecule has 0 unspecified atom stereocenters. The van der Waals surface area contributed by atoms with Crippen molar-refractivity contribution in [2.24, 2.45) is 5.92 Å². The highest BCUT2D eigenvalue weighted by molar-refractivity contribution is 5.79. The summed E-state index contributed by atoms with van der Waals surface area (Å²) < 4.78 is 38.3. The van der Waals surface area contributed by atoms with Crippen LogP contribution in [-0.2, 0) is 6.42 Å². The van der Waals surface area contributed by atoms with Crippen molar-refractivity contribution in [1.82, 2.24) is 0 Å². The number of alkyl halides is 3. The highest BCUT2D eigenvalue weighted by Crippen LogP contribution is 2.33. The van der Waals surface area contributed by atoms with Crippen molar-refractivity contribution >= 4 is 11.1 Å². The molecule has 2 rings (SSSR count). The lowest BCUT2D eigenvalue weighted by Crippen LogP contribution is -2.14. The van der Waals surface area contributed by atoms with Gasteiger partial charge in [0, 0.05) is 11.1 Å². The summed E-state index contributed by atoms with van der Waals surface area (Å²) >= 11 is 0. The van der Waals surface area contributed by atoms with Gasteiger partial charge < -0.3 is 0 Å². The van der Waals surface area contributed by atoms with Crippen molar-refractivity contribution in [2.45, 2.75) is 52.6 Å². The van der Waals surface area contributed by atoms with E-state index < -0.39 is 11.7 Å². The van der Waals surface area contributed by atoms with Crippen LogP contribution in [0.4, 0.5) is 13.2 Å². The Morgan fingerprint density at radius 3 is 2.32 bits per heavy atom. The van der Waals surface area contributed by atoms with Crippen molar-refractivity contribution in [1.29, 1.82) is 0 Å². The van der Waals surface area contributed by atoms with Gasteiger partial charge in [-0.05, 0) is 67.0 Å². The highest BCUT2D eigenvalue weighted by Gasteiger charge is 2.29. The lowest BCUT2D eigenvalue weighted by atomic mass is 9.80. The Bertz CT molecular complexity index is 866. The summed E-state index contributed by atoms with van der Waals surface area (Å²) in [5.74, 6) is 3.37. The maximum absolute atomic E-state index is 12.8. The van der Waals surface area contributed by atoms with Gasteiger partial charge in [0.15, 0.2) is 0 Å². The first-order valence-corrected chi connectivity index (χ1v) is 9.55. The second-order valence-electron chi connectivity index (χ2n) is 7.41. The molecule has 148 valence electrons. The fraction of sp³-hybridized carbons (Fsp3) is 0.360. The first-order valence-electron chi connectivity index (χ1n) is 9.55. The molecule has 0 atom stereocenters. The van der Waals surface area contributed by atoms with Gasteiger partial charge >= 0.3 is 6.18 Å². The Labute approximate surface area is 166 Å². The second-order valence-corrected chi connectivity index (χ2v) is 7.41. The molecule has 1 fully saturated rings. The number of allylic oxidation sites excluding steroid dienone is 7. The quantitative estimate of drug-likeness (QED) is 0.351. The Morgan fingerprint density at radius 2 is 1.82 bits per heavy atom. The van der Waals surface area contributed by atoms with Gasteiger partial charge in [-0.2, -0.15) is 13.2 Å². The molecule has 28 heavy (non-hydrogen) atoms. The molecule has 0 heterocycles. The molecule has 0 aliphatic heterocycles. The van der Waals surface area contributed by atoms with Gasteiger partial charge in [-0.3, -0.25) is 0 Å². The fourth-order valence-corrected chi connectivity index (χ4v) is 3.19. The Hall–Kier alpha value is -2.47. The molecule has 0 saturated heterocycles. The van der Waals surface area contributed by atoms with Crippen molar-refractivity contribution < 1.29 is 13.2 Å². The van der Waals surface area contributed by atoms with Crippen molar-refractivity contribution in [2.75, 3.05) is 0 Å². The summed E-state index contributed by atoms with van der Waals surface area (Å²) in [5.41, 5.74) is 4.84. The summed E-state index contributed by atoms with van der Waals surface area (Å²) in [6.45, 7) is 8.82. The number of benzene rings is 1. The Kier molecular flexibility index (Phi) is 7.13. The van der Waals surface area contributed by atoms with E-state index in [9.17, 15) is 13.2 Å². The summed E-state index contributed by atoms with van der Waals surface area (Å²) in [6, 6.07) is 6.23. The average molecular weight is 384 g/mol. The van der Waals surface area contributed by atoms with Crippen LogP contribution in [0.3, 0.4) is 0 Å². The molecular formula is C25H27F3. The third kappa shape index (κ3) is 5.52. The first kappa shape index (κ1) is 21.8. The van der Waals surface area contributed by atoms with E-state index in [1.54, 1.807) is 0 Å². The van der Waals surface area contributed by atoms with Crippen molar-refractivity contribution in [3.8, 4) is 12.3 Å². The molecule has 1 aromatic carbocycles. The maximum atomic E-state index is 12.8. The molecule has 0 radical (unpaired) electrons. The molecule has 0 aromatic heterocycles. The van der Waals surface area contributed by atoms with Crippen LogP contribution in [0.15, 0.2) is 54.2 Å².